The third-order valence-electron chi connectivity index (χ3n) is 4.22. The lowest BCUT2D eigenvalue weighted by atomic mass is 10.2. The highest BCUT2D eigenvalue weighted by molar-refractivity contribution is 5.91. The lowest BCUT2D eigenvalue weighted by molar-refractivity contribution is -0.906. The molecule has 1 saturated carbocycles. The van der Waals surface area contributed by atoms with Gasteiger partial charge in [-0.05, 0) is 37.8 Å². The van der Waals surface area contributed by atoms with Gasteiger partial charge in [-0.25, -0.2) is 0 Å². The molecule has 110 valence electrons. The Labute approximate surface area is 121 Å². The number of ether oxygens (including phenoxy) is 1. The van der Waals surface area contributed by atoms with E-state index in [1.54, 1.807) is 7.11 Å². The summed E-state index contributed by atoms with van der Waals surface area (Å²) in [6.45, 7) is 0.516. The lowest BCUT2D eigenvalue weighted by Gasteiger charge is -2.35. The molecule has 0 unspecified atom stereocenters. The van der Waals surface area contributed by atoms with Gasteiger partial charge >= 0.3 is 0 Å². The third-order valence-corrected chi connectivity index (χ3v) is 4.22. The molecule has 0 aliphatic heterocycles. The van der Waals surface area contributed by atoms with Crippen molar-refractivity contribution < 1.29 is 14.0 Å². The average molecular weight is 277 g/mol. The van der Waals surface area contributed by atoms with Gasteiger partial charge in [-0.2, -0.15) is 0 Å². The third kappa shape index (κ3) is 3.73. The Morgan fingerprint density at radius 2 is 2.05 bits per heavy atom. The number of nitrogens with one attached hydrogen (secondary N) is 1. The Morgan fingerprint density at radius 1 is 1.35 bits per heavy atom. The fraction of sp³-hybridized carbons (Fsp3) is 0.562. The average Bonchev–Trinajstić information content (AvgIpc) is 2.92. The van der Waals surface area contributed by atoms with Crippen LogP contribution in [0.15, 0.2) is 24.3 Å². The van der Waals surface area contributed by atoms with E-state index in [2.05, 4.69) is 19.4 Å². The molecule has 4 nitrogen and oxygen atoms in total. The van der Waals surface area contributed by atoms with Crippen LogP contribution < -0.4 is 10.1 Å². The molecular weight excluding hydrogens is 252 g/mol. The van der Waals surface area contributed by atoms with Crippen molar-refractivity contribution >= 4 is 11.6 Å². The Bertz CT molecular complexity index is 465. The fourth-order valence-corrected chi connectivity index (χ4v) is 3.00. The number of hydrogen-bond acceptors (Lipinski definition) is 2. The van der Waals surface area contributed by atoms with Crippen molar-refractivity contribution in [3.8, 4) is 5.75 Å². The summed E-state index contributed by atoms with van der Waals surface area (Å²) in [4.78, 5) is 12.2. The van der Waals surface area contributed by atoms with Gasteiger partial charge in [0, 0.05) is 11.8 Å². The van der Waals surface area contributed by atoms with Crippen LogP contribution >= 0.6 is 0 Å². The van der Waals surface area contributed by atoms with E-state index in [1.807, 2.05) is 24.3 Å². The minimum Gasteiger partial charge on any atom is -0.497 e. The van der Waals surface area contributed by atoms with E-state index >= 15 is 0 Å². The summed E-state index contributed by atoms with van der Waals surface area (Å²) < 4.78 is 5.94. The molecule has 1 aliphatic rings. The second-order valence-corrected chi connectivity index (χ2v) is 6.16. The van der Waals surface area contributed by atoms with Gasteiger partial charge in [0.15, 0.2) is 6.54 Å². The fourth-order valence-electron chi connectivity index (χ4n) is 3.00. The van der Waals surface area contributed by atoms with E-state index in [1.165, 1.54) is 25.7 Å². The van der Waals surface area contributed by atoms with Crippen LogP contribution in [0.2, 0.25) is 0 Å². The van der Waals surface area contributed by atoms with E-state index in [-0.39, 0.29) is 5.91 Å². The molecule has 1 N–H and O–H groups in total. The van der Waals surface area contributed by atoms with Crippen LogP contribution in [0.25, 0.3) is 0 Å². The van der Waals surface area contributed by atoms with Gasteiger partial charge in [0.1, 0.15) is 5.75 Å². The highest BCUT2D eigenvalue weighted by Crippen LogP contribution is 2.26. The van der Waals surface area contributed by atoms with Crippen molar-refractivity contribution in [3.05, 3.63) is 24.3 Å². The molecular formula is C16H25N2O2+. The van der Waals surface area contributed by atoms with Crippen molar-refractivity contribution in [2.75, 3.05) is 33.1 Å². The zero-order chi connectivity index (χ0) is 14.6. The topological polar surface area (TPSA) is 38.3 Å². The number of rotatable bonds is 5. The molecule has 1 fully saturated rings. The first-order chi connectivity index (χ1) is 9.51. The highest BCUT2D eigenvalue weighted by atomic mass is 16.5. The summed E-state index contributed by atoms with van der Waals surface area (Å²) in [5, 5.41) is 2.96. The molecule has 0 aromatic heterocycles. The van der Waals surface area contributed by atoms with Crippen molar-refractivity contribution in [1.82, 2.24) is 0 Å². The molecule has 0 bridgehead atoms. The van der Waals surface area contributed by atoms with Crippen LogP contribution in [0.5, 0.6) is 5.75 Å². The van der Waals surface area contributed by atoms with E-state index < -0.39 is 0 Å². The smallest absolute Gasteiger partial charge is 0.279 e. The predicted octanol–water partition coefficient (Wildman–Crippen LogP) is 2.65. The van der Waals surface area contributed by atoms with Crippen molar-refractivity contribution in [1.29, 1.82) is 0 Å². The maximum atomic E-state index is 12.2. The summed E-state index contributed by atoms with van der Waals surface area (Å²) >= 11 is 0. The summed E-state index contributed by atoms with van der Waals surface area (Å²) in [5.74, 6) is 0.822. The number of methoxy groups -OCH3 is 1. The number of carbonyl (C=O) groups is 1. The monoisotopic (exact) mass is 277 g/mol. The van der Waals surface area contributed by atoms with Crippen LogP contribution in [0.3, 0.4) is 0 Å². The first-order valence-corrected chi connectivity index (χ1v) is 7.28. The Hall–Kier alpha value is -1.55. The molecule has 0 radical (unpaired) electrons. The van der Waals surface area contributed by atoms with Gasteiger partial charge in [0.2, 0.25) is 0 Å². The Morgan fingerprint density at radius 3 is 2.70 bits per heavy atom. The van der Waals surface area contributed by atoms with Gasteiger partial charge in [-0.3, -0.25) is 4.79 Å². The minimum atomic E-state index is 0.0650. The number of hydrogen-bond donors (Lipinski definition) is 1. The molecule has 0 spiro atoms. The van der Waals surface area contributed by atoms with Gasteiger partial charge in [-0.1, -0.05) is 6.07 Å². The number of carbonyl (C=O) groups excluding carboxylic acids is 1. The maximum Gasteiger partial charge on any atom is 0.279 e. The number of nitrogens with zero attached hydrogens (tertiary/aromatic N) is 1. The van der Waals surface area contributed by atoms with Crippen molar-refractivity contribution in [2.45, 2.75) is 31.7 Å². The second-order valence-electron chi connectivity index (χ2n) is 6.16. The zero-order valence-electron chi connectivity index (χ0n) is 12.7. The summed E-state index contributed by atoms with van der Waals surface area (Å²) in [5.41, 5.74) is 0.792. The predicted molar refractivity (Wildman–Crippen MR) is 80.9 cm³/mol. The number of likely N-dealkylation sites (N-methyl/N-ethyl adjacent to an activating group) is 1. The van der Waals surface area contributed by atoms with Crippen molar-refractivity contribution in [2.24, 2.45) is 0 Å². The lowest BCUT2D eigenvalue weighted by Crippen LogP contribution is -2.51. The number of quaternary nitrogens is 1. The molecule has 1 aromatic rings. The van der Waals surface area contributed by atoms with E-state index in [9.17, 15) is 4.79 Å². The van der Waals surface area contributed by atoms with E-state index in [0.29, 0.717) is 12.6 Å². The summed E-state index contributed by atoms with van der Waals surface area (Å²) in [6.07, 6.45) is 5.06. The Kier molecular flexibility index (Phi) is 4.65. The quantitative estimate of drug-likeness (QED) is 0.840. The standard InChI is InChI=1S/C16H24N2O2/c1-18(2,14-8-4-5-9-14)12-16(19)17-13-7-6-10-15(11-13)20-3/h6-7,10-11,14H,4-5,8-9,12H2,1-3H3/p+1. The number of anilines is 1. The maximum absolute atomic E-state index is 12.2. The van der Waals surface area contributed by atoms with Gasteiger partial charge < -0.3 is 14.5 Å². The van der Waals surface area contributed by atoms with Crippen LogP contribution in [0.1, 0.15) is 25.7 Å². The normalized spacial score (nSPS) is 16.1. The van der Waals surface area contributed by atoms with Gasteiger partial charge in [0.05, 0.1) is 27.2 Å². The molecule has 2 rings (SSSR count). The van der Waals surface area contributed by atoms with Crippen molar-refractivity contribution in [3.63, 3.8) is 0 Å². The van der Waals surface area contributed by atoms with E-state index in [0.717, 1.165) is 15.9 Å². The first kappa shape index (κ1) is 14.9. The minimum absolute atomic E-state index is 0.0650. The van der Waals surface area contributed by atoms with Gasteiger partial charge in [-0.15, -0.1) is 0 Å². The second kappa shape index (κ2) is 6.27. The zero-order valence-corrected chi connectivity index (χ0v) is 12.7. The molecule has 0 atom stereocenters. The Balaban J connectivity index is 1.94. The largest absolute Gasteiger partial charge is 0.497 e. The SMILES string of the molecule is COc1cccc(NC(=O)C[N+](C)(C)C2CCCC2)c1. The molecule has 20 heavy (non-hydrogen) atoms. The summed E-state index contributed by atoms with van der Waals surface area (Å²) in [7, 11) is 5.93. The molecule has 0 heterocycles. The van der Waals surface area contributed by atoms with Crippen LogP contribution in [0.4, 0.5) is 5.69 Å². The van der Waals surface area contributed by atoms with Crippen LogP contribution in [0, 0.1) is 0 Å². The molecule has 1 aromatic carbocycles. The van der Waals surface area contributed by atoms with Crippen LogP contribution in [-0.4, -0.2) is 44.2 Å². The first-order valence-electron chi connectivity index (χ1n) is 7.28. The summed E-state index contributed by atoms with van der Waals surface area (Å²) in [6, 6.07) is 8.09. The van der Waals surface area contributed by atoms with E-state index in [4.69, 9.17) is 4.74 Å². The van der Waals surface area contributed by atoms with Gasteiger partial charge in [0.25, 0.3) is 5.91 Å². The van der Waals surface area contributed by atoms with Crippen LogP contribution in [-0.2, 0) is 4.79 Å². The molecule has 0 saturated heterocycles. The molecule has 1 aliphatic carbocycles. The number of amides is 1. The molecule has 1 amide bonds. The number of benzene rings is 1. The highest BCUT2D eigenvalue weighted by Gasteiger charge is 2.32. The molecule has 4 heteroatoms.